The second-order valence-corrected chi connectivity index (χ2v) is 3.95. The summed E-state index contributed by atoms with van der Waals surface area (Å²) >= 11 is 2.14. The molecule has 1 unspecified atom stereocenters. The summed E-state index contributed by atoms with van der Waals surface area (Å²) in [6, 6.07) is -0.538. The van der Waals surface area contributed by atoms with E-state index in [0.717, 1.165) is 9.26 Å². The van der Waals surface area contributed by atoms with Crippen molar-refractivity contribution in [1.29, 1.82) is 0 Å². The fourth-order valence-corrected chi connectivity index (χ4v) is 1.54. The minimum Gasteiger partial charge on any atom is -0.480 e. The van der Waals surface area contributed by atoms with E-state index in [9.17, 15) is 4.79 Å². The van der Waals surface area contributed by atoms with Gasteiger partial charge in [0.15, 0.2) is 0 Å². The van der Waals surface area contributed by atoms with Crippen molar-refractivity contribution in [3.63, 3.8) is 0 Å². The largest absolute Gasteiger partial charge is 0.480 e. The van der Waals surface area contributed by atoms with Crippen LogP contribution in [0.2, 0.25) is 0 Å². The minimum atomic E-state index is -0.829. The lowest BCUT2D eigenvalue weighted by Crippen LogP contribution is -2.20. The van der Waals surface area contributed by atoms with Crippen molar-refractivity contribution in [3.8, 4) is 0 Å². The molecule has 0 saturated carbocycles. The minimum absolute atomic E-state index is 0.538. The molecule has 0 radical (unpaired) electrons. The summed E-state index contributed by atoms with van der Waals surface area (Å²) in [6.45, 7) is 3.72. The van der Waals surface area contributed by atoms with Gasteiger partial charge in [-0.3, -0.25) is 4.68 Å². The molecule has 4 nitrogen and oxygen atoms in total. The molecule has 0 amide bonds. The highest BCUT2D eigenvalue weighted by Crippen LogP contribution is 2.17. The van der Waals surface area contributed by atoms with E-state index in [0.29, 0.717) is 6.42 Å². The van der Waals surface area contributed by atoms with Crippen molar-refractivity contribution >= 4 is 28.6 Å². The first kappa shape index (κ1) is 10.5. The summed E-state index contributed by atoms with van der Waals surface area (Å²) in [5.74, 6) is -0.829. The van der Waals surface area contributed by atoms with Crippen LogP contribution in [-0.2, 0) is 4.79 Å². The van der Waals surface area contributed by atoms with Crippen molar-refractivity contribution in [2.24, 2.45) is 0 Å². The molecule has 0 fully saturated rings. The highest BCUT2D eigenvalue weighted by atomic mass is 127. The van der Waals surface area contributed by atoms with Crippen molar-refractivity contribution in [1.82, 2.24) is 9.78 Å². The fraction of sp³-hybridized carbons (Fsp3) is 0.500. The lowest BCUT2D eigenvalue weighted by atomic mass is 10.2. The lowest BCUT2D eigenvalue weighted by Gasteiger charge is -2.12. The van der Waals surface area contributed by atoms with Crippen molar-refractivity contribution < 1.29 is 9.90 Å². The highest BCUT2D eigenvalue weighted by molar-refractivity contribution is 14.1. The average Bonchev–Trinajstić information content (AvgIpc) is 2.37. The molecule has 1 N–H and O–H groups in total. The summed E-state index contributed by atoms with van der Waals surface area (Å²) < 4.78 is 2.56. The van der Waals surface area contributed by atoms with E-state index in [4.69, 9.17) is 5.11 Å². The van der Waals surface area contributed by atoms with Gasteiger partial charge in [0, 0.05) is 5.69 Å². The Morgan fingerprint density at radius 2 is 2.46 bits per heavy atom. The molecule has 1 atom stereocenters. The number of carbonyl (C=O) groups is 1. The van der Waals surface area contributed by atoms with Gasteiger partial charge in [-0.1, -0.05) is 6.92 Å². The van der Waals surface area contributed by atoms with E-state index in [1.165, 1.54) is 0 Å². The smallest absolute Gasteiger partial charge is 0.328 e. The summed E-state index contributed by atoms with van der Waals surface area (Å²) in [5.41, 5.74) is 0.912. The van der Waals surface area contributed by atoms with Gasteiger partial charge in [0.1, 0.15) is 6.04 Å². The number of carboxylic acid groups (broad SMARTS) is 1. The maximum atomic E-state index is 10.8. The van der Waals surface area contributed by atoms with E-state index >= 15 is 0 Å². The van der Waals surface area contributed by atoms with Crippen LogP contribution < -0.4 is 0 Å². The number of halogens is 1. The third-order valence-corrected chi connectivity index (χ3v) is 3.01. The van der Waals surface area contributed by atoms with Gasteiger partial charge in [-0.15, -0.1) is 0 Å². The van der Waals surface area contributed by atoms with Crippen LogP contribution in [0.15, 0.2) is 6.20 Å². The number of nitrogens with zero attached hydrogens (tertiary/aromatic N) is 2. The molecule has 0 bridgehead atoms. The predicted octanol–water partition coefficient (Wildman–Crippen LogP) is 1.83. The molecular formula is C8H11IN2O2. The van der Waals surface area contributed by atoms with Crippen molar-refractivity contribution in [2.75, 3.05) is 0 Å². The van der Waals surface area contributed by atoms with Crippen LogP contribution in [0.3, 0.4) is 0 Å². The third-order valence-electron chi connectivity index (χ3n) is 1.95. The monoisotopic (exact) mass is 294 g/mol. The second-order valence-electron chi connectivity index (χ2n) is 2.78. The van der Waals surface area contributed by atoms with E-state index in [-0.39, 0.29) is 0 Å². The zero-order valence-corrected chi connectivity index (χ0v) is 9.65. The lowest BCUT2D eigenvalue weighted by molar-refractivity contribution is -0.141. The van der Waals surface area contributed by atoms with Gasteiger partial charge in [-0.2, -0.15) is 5.10 Å². The van der Waals surface area contributed by atoms with Gasteiger partial charge in [0.05, 0.1) is 9.77 Å². The maximum Gasteiger partial charge on any atom is 0.328 e. The number of hydrogen-bond acceptors (Lipinski definition) is 2. The van der Waals surface area contributed by atoms with E-state index in [2.05, 4.69) is 27.7 Å². The molecule has 72 valence electrons. The third kappa shape index (κ3) is 2.01. The Morgan fingerprint density at radius 1 is 1.85 bits per heavy atom. The number of aromatic nitrogens is 2. The molecule has 1 rings (SSSR count). The van der Waals surface area contributed by atoms with Gasteiger partial charge < -0.3 is 5.11 Å². The average molecular weight is 294 g/mol. The van der Waals surface area contributed by atoms with E-state index < -0.39 is 12.0 Å². The summed E-state index contributed by atoms with van der Waals surface area (Å²) in [6.07, 6.45) is 2.23. The normalized spacial score (nSPS) is 12.8. The van der Waals surface area contributed by atoms with Gasteiger partial charge >= 0.3 is 5.97 Å². The maximum absolute atomic E-state index is 10.8. The molecule has 1 aromatic rings. The molecule has 0 saturated heterocycles. The van der Waals surface area contributed by atoms with Crippen molar-refractivity contribution in [2.45, 2.75) is 26.3 Å². The number of aliphatic carboxylic acids is 1. The van der Waals surface area contributed by atoms with Crippen molar-refractivity contribution in [3.05, 3.63) is 15.5 Å². The summed E-state index contributed by atoms with van der Waals surface area (Å²) in [5, 5.41) is 12.9. The van der Waals surface area contributed by atoms with Gasteiger partial charge in [-0.25, -0.2) is 4.79 Å². The molecular weight excluding hydrogens is 283 g/mol. The van der Waals surface area contributed by atoms with Crippen LogP contribution in [0.1, 0.15) is 25.1 Å². The molecule has 0 aromatic carbocycles. The zero-order chi connectivity index (χ0) is 10.0. The topological polar surface area (TPSA) is 55.1 Å². The summed E-state index contributed by atoms with van der Waals surface area (Å²) in [4.78, 5) is 10.8. The molecule has 1 aromatic heterocycles. The SMILES string of the molecule is CCC(C(=O)O)n1ncc(I)c1C. The Bertz CT molecular complexity index is 322. The van der Waals surface area contributed by atoms with Crippen LogP contribution in [0.4, 0.5) is 0 Å². The summed E-state index contributed by atoms with van der Waals surface area (Å²) in [7, 11) is 0. The number of rotatable bonds is 3. The van der Waals surface area contributed by atoms with Gasteiger partial charge in [0.2, 0.25) is 0 Å². The first-order valence-corrected chi connectivity index (χ1v) is 5.08. The first-order valence-electron chi connectivity index (χ1n) is 4.00. The molecule has 5 heteroatoms. The van der Waals surface area contributed by atoms with Gasteiger partial charge in [0.25, 0.3) is 0 Å². The predicted molar refractivity (Wildman–Crippen MR) is 56.6 cm³/mol. The number of carboxylic acids is 1. The first-order chi connectivity index (χ1) is 6.07. The zero-order valence-electron chi connectivity index (χ0n) is 7.49. The Labute approximate surface area is 90.1 Å². The van der Waals surface area contributed by atoms with Crippen LogP contribution in [0, 0.1) is 10.5 Å². The molecule has 0 spiro atoms. The Hall–Kier alpha value is -0.590. The quantitative estimate of drug-likeness (QED) is 0.865. The Morgan fingerprint density at radius 3 is 2.77 bits per heavy atom. The van der Waals surface area contributed by atoms with Crippen LogP contribution in [-0.4, -0.2) is 20.9 Å². The Balaban J connectivity index is 3.05. The molecule has 0 aliphatic rings. The Kier molecular flexibility index (Phi) is 3.29. The molecule has 13 heavy (non-hydrogen) atoms. The molecule has 0 aliphatic carbocycles. The fourth-order valence-electron chi connectivity index (χ4n) is 1.17. The van der Waals surface area contributed by atoms with Crippen LogP contribution in [0.5, 0.6) is 0 Å². The van der Waals surface area contributed by atoms with E-state index in [1.54, 1.807) is 10.9 Å². The van der Waals surface area contributed by atoms with Crippen LogP contribution >= 0.6 is 22.6 Å². The second kappa shape index (κ2) is 4.08. The standard InChI is InChI=1S/C8H11IN2O2/c1-3-7(8(12)13)11-5(2)6(9)4-10-11/h4,7H,3H2,1-2H3,(H,12,13). The molecule has 1 heterocycles. The number of hydrogen-bond donors (Lipinski definition) is 1. The van der Waals surface area contributed by atoms with Crippen LogP contribution in [0.25, 0.3) is 0 Å². The van der Waals surface area contributed by atoms with E-state index in [1.807, 2.05) is 13.8 Å². The highest BCUT2D eigenvalue weighted by Gasteiger charge is 2.20. The van der Waals surface area contributed by atoms with Gasteiger partial charge in [-0.05, 0) is 35.9 Å². The molecule has 0 aliphatic heterocycles.